The fourth-order valence-corrected chi connectivity index (χ4v) is 7.80. The first kappa shape index (κ1) is 24.9. The summed E-state index contributed by atoms with van der Waals surface area (Å²) in [4.78, 5) is 0. The lowest BCUT2D eigenvalue weighted by Gasteiger charge is -2.17. The maximum absolute atomic E-state index is 6.64. The van der Waals surface area contributed by atoms with E-state index in [4.69, 9.17) is 13.3 Å². The van der Waals surface area contributed by atoms with Crippen LogP contribution in [0.1, 0.15) is 0 Å². The lowest BCUT2D eigenvalue weighted by molar-refractivity contribution is 0.633. The van der Waals surface area contributed by atoms with Crippen LogP contribution in [0, 0.1) is 0 Å². The zero-order valence-corrected chi connectivity index (χ0v) is 25.1. The Morgan fingerprint density at radius 1 is 0.255 bits per heavy atom. The van der Waals surface area contributed by atoms with Gasteiger partial charge in [0.2, 0.25) is 0 Å². The average molecular weight is 601 g/mol. The molecule has 0 radical (unpaired) electrons. The van der Waals surface area contributed by atoms with Gasteiger partial charge in [0.15, 0.2) is 11.2 Å². The van der Waals surface area contributed by atoms with Crippen LogP contribution >= 0.6 is 0 Å². The molecule has 0 unspecified atom stereocenters. The lowest BCUT2D eigenvalue weighted by atomic mass is 9.85. The van der Waals surface area contributed by atoms with E-state index in [0.29, 0.717) is 0 Å². The van der Waals surface area contributed by atoms with Crippen LogP contribution in [-0.4, -0.2) is 0 Å². The van der Waals surface area contributed by atoms with Gasteiger partial charge >= 0.3 is 0 Å². The van der Waals surface area contributed by atoms with E-state index < -0.39 is 0 Å². The maximum atomic E-state index is 6.64. The highest BCUT2D eigenvalue weighted by Crippen LogP contribution is 2.46. The fraction of sp³-hybridized carbons (Fsp3) is 0. The second-order valence-corrected chi connectivity index (χ2v) is 12.4. The van der Waals surface area contributed by atoms with Crippen LogP contribution in [-0.2, 0) is 0 Å². The molecule has 0 aliphatic carbocycles. The summed E-state index contributed by atoms with van der Waals surface area (Å²) < 4.78 is 19.3. The summed E-state index contributed by atoms with van der Waals surface area (Å²) in [5.74, 6) is 0. The van der Waals surface area contributed by atoms with Crippen molar-refractivity contribution in [3.05, 3.63) is 146 Å². The van der Waals surface area contributed by atoms with Gasteiger partial charge in [-0.2, -0.15) is 0 Å². The fourth-order valence-electron chi connectivity index (χ4n) is 7.80. The number of fused-ring (bicyclic) bond motifs is 12. The van der Waals surface area contributed by atoms with Crippen molar-refractivity contribution in [2.75, 3.05) is 0 Å². The standard InChI is InChI=1S/C44H24O3/c1-3-13-33-31(11-1)41(25-17-19-29-27-9-5-7-15-37(27)45-39(29)23-25)32-12-2-4-14-34(32)42(33)26-18-20-30-36-22-21-35-28-10-6-8-16-38(28)46-43(35)44(36)47-40(30)24-26/h1-24H. The normalized spacial score (nSPS) is 12.3. The summed E-state index contributed by atoms with van der Waals surface area (Å²) in [6, 6.07) is 51.4. The lowest BCUT2D eigenvalue weighted by Crippen LogP contribution is -1.90. The van der Waals surface area contributed by atoms with Gasteiger partial charge in [-0.3, -0.25) is 0 Å². The second-order valence-electron chi connectivity index (χ2n) is 12.4. The molecule has 11 rings (SSSR count). The Hall–Kier alpha value is -6.32. The van der Waals surface area contributed by atoms with E-state index in [9.17, 15) is 0 Å². The molecule has 0 spiro atoms. The third-order valence-corrected chi connectivity index (χ3v) is 9.87. The highest BCUT2D eigenvalue weighted by atomic mass is 16.4. The quantitative estimate of drug-likeness (QED) is 0.185. The number of para-hydroxylation sites is 2. The van der Waals surface area contributed by atoms with Crippen molar-refractivity contribution in [1.29, 1.82) is 0 Å². The molecule has 0 bridgehead atoms. The minimum Gasteiger partial charge on any atom is -0.456 e. The molecule has 0 N–H and O–H groups in total. The van der Waals surface area contributed by atoms with Gasteiger partial charge in [0.25, 0.3) is 0 Å². The number of hydrogen-bond acceptors (Lipinski definition) is 3. The monoisotopic (exact) mass is 600 g/mol. The maximum Gasteiger partial charge on any atom is 0.178 e. The van der Waals surface area contributed by atoms with Gasteiger partial charge in [-0.05, 0) is 92.3 Å². The van der Waals surface area contributed by atoms with E-state index >= 15 is 0 Å². The van der Waals surface area contributed by atoms with Crippen molar-refractivity contribution in [2.24, 2.45) is 0 Å². The smallest absolute Gasteiger partial charge is 0.178 e. The molecule has 11 aromatic rings. The molecule has 0 aliphatic heterocycles. The third-order valence-electron chi connectivity index (χ3n) is 9.87. The summed E-state index contributed by atoms with van der Waals surface area (Å²) in [6.07, 6.45) is 0. The van der Waals surface area contributed by atoms with Crippen LogP contribution in [0.2, 0.25) is 0 Å². The Balaban J connectivity index is 1.17. The molecule has 3 aromatic heterocycles. The highest BCUT2D eigenvalue weighted by Gasteiger charge is 2.20. The van der Waals surface area contributed by atoms with Crippen LogP contribution in [0.25, 0.3) is 110 Å². The summed E-state index contributed by atoms with van der Waals surface area (Å²) in [5, 5.41) is 11.4. The van der Waals surface area contributed by atoms with Gasteiger partial charge in [-0.1, -0.05) is 97.1 Å². The molecule has 0 fully saturated rings. The van der Waals surface area contributed by atoms with Gasteiger partial charge in [-0.15, -0.1) is 0 Å². The van der Waals surface area contributed by atoms with E-state index in [1.54, 1.807) is 0 Å². The van der Waals surface area contributed by atoms with E-state index in [1.165, 1.54) is 32.7 Å². The SMILES string of the molecule is c1ccc2c(c1)oc1cc(-c3c4ccccc4c(-c4ccc5c(c4)oc4c5ccc5c6ccccc6oc54)c4ccccc34)ccc12. The molecule has 3 nitrogen and oxygen atoms in total. The molecule has 218 valence electrons. The van der Waals surface area contributed by atoms with Gasteiger partial charge in [0.1, 0.15) is 22.3 Å². The van der Waals surface area contributed by atoms with Crippen LogP contribution in [0.5, 0.6) is 0 Å². The van der Waals surface area contributed by atoms with Gasteiger partial charge in [-0.25, -0.2) is 0 Å². The van der Waals surface area contributed by atoms with Crippen LogP contribution in [0.3, 0.4) is 0 Å². The van der Waals surface area contributed by atoms with E-state index in [1.807, 2.05) is 30.3 Å². The average Bonchev–Trinajstić information content (AvgIpc) is 3.81. The third kappa shape index (κ3) is 3.40. The van der Waals surface area contributed by atoms with Crippen LogP contribution in [0.15, 0.2) is 159 Å². The Labute approximate surface area is 267 Å². The van der Waals surface area contributed by atoms with Crippen molar-refractivity contribution in [3.63, 3.8) is 0 Å². The van der Waals surface area contributed by atoms with E-state index in [-0.39, 0.29) is 0 Å². The Kier molecular flexibility index (Phi) is 4.84. The summed E-state index contributed by atoms with van der Waals surface area (Å²) in [7, 11) is 0. The minimum atomic E-state index is 0.789. The second kappa shape index (κ2) is 9.12. The van der Waals surface area contributed by atoms with Crippen molar-refractivity contribution in [2.45, 2.75) is 0 Å². The first-order chi connectivity index (χ1) is 23.3. The van der Waals surface area contributed by atoms with E-state index in [0.717, 1.165) is 76.9 Å². The first-order valence-electron chi connectivity index (χ1n) is 15.9. The number of rotatable bonds is 2. The summed E-state index contributed by atoms with van der Waals surface area (Å²) in [5.41, 5.74) is 9.76. The van der Waals surface area contributed by atoms with E-state index in [2.05, 4.69) is 115 Å². The molecule has 3 heterocycles. The molecule has 0 aliphatic rings. The molecule has 3 heteroatoms. The van der Waals surface area contributed by atoms with Crippen molar-refractivity contribution in [3.8, 4) is 22.3 Å². The number of furan rings is 3. The largest absolute Gasteiger partial charge is 0.456 e. The van der Waals surface area contributed by atoms with Crippen LogP contribution < -0.4 is 0 Å². The Morgan fingerprint density at radius 2 is 0.596 bits per heavy atom. The molecule has 47 heavy (non-hydrogen) atoms. The molecule has 0 saturated carbocycles. The Bertz CT molecular complexity index is 3020. The highest BCUT2D eigenvalue weighted by molar-refractivity contribution is 6.23. The zero-order valence-electron chi connectivity index (χ0n) is 25.1. The number of hydrogen-bond donors (Lipinski definition) is 0. The predicted octanol–water partition coefficient (Wildman–Crippen LogP) is 13.0. The summed E-state index contributed by atoms with van der Waals surface area (Å²) >= 11 is 0. The topological polar surface area (TPSA) is 39.4 Å². The van der Waals surface area contributed by atoms with Crippen molar-refractivity contribution >= 4 is 87.4 Å². The summed E-state index contributed by atoms with van der Waals surface area (Å²) in [6.45, 7) is 0. The minimum absolute atomic E-state index is 0.789. The van der Waals surface area contributed by atoms with Crippen molar-refractivity contribution < 1.29 is 13.3 Å². The van der Waals surface area contributed by atoms with Crippen molar-refractivity contribution in [1.82, 2.24) is 0 Å². The van der Waals surface area contributed by atoms with Gasteiger partial charge in [0.05, 0.1) is 0 Å². The zero-order chi connectivity index (χ0) is 30.6. The van der Waals surface area contributed by atoms with Gasteiger partial charge < -0.3 is 13.3 Å². The molecular formula is C44H24O3. The Morgan fingerprint density at radius 3 is 1.13 bits per heavy atom. The van der Waals surface area contributed by atoms with Gasteiger partial charge in [0, 0.05) is 32.3 Å². The molecule has 0 saturated heterocycles. The van der Waals surface area contributed by atoms with Crippen LogP contribution in [0.4, 0.5) is 0 Å². The molecular weight excluding hydrogens is 576 g/mol. The predicted molar refractivity (Wildman–Crippen MR) is 194 cm³/mol. The molecule has 0 atom stereocenters. The first-order valence-corrected chi connectivity index (χ1v) is 15.9. The molecule has 8 aromatic carbocycles. The molecule has 0 amide bonds. The number of benzene rings is 8.